The van der Waals surface area contributed by atoms with Crippen LogP contribution < -0.4 is 5.32 Å². The zero-order valence-electron chi connectivity index (χ0n) is 12.0. The highest BCUT2D eigenvalue weighted by molar-refractivity contribution is 5.96. The summed E-state index contributed by atoms with van der Waals surface area (Å²) in [6.07, 6.45) is -0.540. The molecule has 1 aromatic rings. The summed E-state index contributed by atoms with van der Waals surface area (Å²) >= 11 is 0. The Labute approximate surface area is 113 Å². The Balaban J connectivity index is 2.78. The van der Waals surface area contributed by atoms with E-state index in [2.05, 4.69) is 5.32 Å². The van der Waals surface area contributed by atoms with Crippen LogP contribution in [0, 0.1) is 0 Å². The van der Waals surface area contributed by atoms with Gasteiger partial charge in [0, 0.05) is 25.3 Å². The first-order chi connectivity index (χ1) is 8.69. The Bertz CT molecular complexity index is 476. The van der Waals surface area contributed by atoms with Crippen molar-refractivity contribution in [2.24, 2.45) is 0 Å². The van der Waals surface area contributed by atoms with Crippen LogP contribution in [-0.2, 0) is 4.74 Å². The van der Waals surface area contributed by atoms with Crippen LogP contribution in [0.2, 0.25) is 0 Å². The molecule has 1 aromatic carbocycles. The molecule has 0 spiro atoms. The summed E-state index contributed by atoms with van der Waals surface area (Å²) in [5.74, 6) is -0.118. The van der Waals surface area contributed by atoms with Crippen molar-refractivity contribution < 1.29 is 14.3 Å². The van der Waals surface area contributed by atoms with Gasteiger partial charge in [-0.2, -0.15) is 0 Å². The summed E-state index contributed by atoms with van der Waals surface area (Å²) in [5.41, 5.74) is 0.488. The SMILES string of the molecule is CN(C)C(=O)c1cccc(NC(=O)OC(C)(C)C)c1. The first-order valence-electron chi connectivity index (χ1n) is 6.01. The van der Waals surface area contributed by atoms with Crippen molar-refractivity contribution in [2.75, 3.05) is 19.4 Å². The van der Waals surface area contributed by atoms with E-state index in [-0.39, 0.29) is 5.91 Å². The number of carbonyl (C=O) groups is 2. The van der Waals surface area contributed by atoms with E-state index in [9.17, 15) is 9.59 Å². The van der Waals surface area contributed by atoms with Gasteiger partial charge in [0.2, 0.25) is 0 Å². The first kappa shape index (κ1) is 15.0. The molecule has 104 valence electrons. The topological polar surface area (TPSA) is 58.6 Å². The molecule has 0 aliphatic carbocycles. The molecule has 0 fully saturated rings. The third-order valence-corrected chi connectivity index (χ3v) is 2.16. The van der Waals surface area contributed by atoms with Gasteiger partial charge in [0.1, 0.15) is 5.60 Å². The highest BCUT2D eigenvalue weighted by atomic mass is 16.6. The Morgan fingerprint density at radius 2 is 1.84 bits per heavy atom. The molecule has 0 saturated carbocycles. The van der Waals surface area contributed by atoms with Crippen LogP contribution in [-0.4, -0.2) is 36.6 Å². The van der Waals surface area contributed by atoms with E-state index in [4.69, 9.17) is 4.74 Å². The van der Waals surface area contributed by atoms with Crippen molar-refractivity contribution in [2.45, 2.75) is 26.4 Å². The fourth-order valence-electron chi connectivity index (χ4n) is 1.41. The molecule has 5 heteroatoms. The van der Waals surface area contributed by atoms with Crippen molar-refractivity contribution >= 4 is 17.7 Å². The summed E-state index contributed by atoms with van der Waals surface area (Å²) in [4.78, 5) is 24.9. The molecule has 0 aromatic heterocycles. The molecule has 0 aliphatic rings. The van der Waals surface area contributed by atoms with Crippen LogP contribution in [0.15, 0.2) is 24.3 Å². The molecule has 0 unspecified atom stereocenters. The lowest BCUT2D eigenvalue weighted by Crippen LogP contribution is -2.27. The number of nitrogens with one attached hydrogen (secondary N) is 1. The number of nitrogens with zero attached hydrogens (tertiary/aromatic N) is 1. The molecule has 0 radical (unpaired) electrons. The summed E-state index contributed by atoms with van der Waals surface area (Å²) in [6.45, 7) is 5.37. The Hall–Kier alpha value is -2.04. The fourth-order valence-corrected chi connectivity index (χ4v) is 1.41. The number of hydrogen-bond acceptors (Lipinski definition) is 3. The van der Waals surface area contributed by atoms with Crippen LogP contribution in [0.25, 0.3) is 0 Å². The predicted molar refractivity (Wildman–Crippen MR) is 74.3 cm³/mol. The second kappa shape index (κ2) is 5.73. The molecule has 1 N–H and O–H groups in total. The monoisotopic (exact) mass is 264 g/mol. The quantitative estimate of drug-likeness (QED) is 0.893. The molecule has 0 atom stereocenters. The number of benzene rings is 1. The minimum absolute atomic E-state index is 0.118. The Morgan fingerprint density at radius 3 is 2.37 bits per heavy atom. The van der Waals surface area contributed by atoms with E-state index in [1.54, 1.807) is 59.1 Å². The number of hydrogen-bond donors (Lipinski definition) is 1. The lowest BCUT2D eigenvalue weighted by atomic mass is 10.2. The fraction of sp³-hybridized carbons (Fsp3) is 0.429. The minimum Gasteiger partial charge on any atom is -0.444 e. The van der Waals surface area contributed by atoms with E-state index in [1.165, 1.54) is 4.90 Å². The van der Waals surface area contributed by atoms with Crippen molar-refractivity contribution in [1.82, 2.24) is 4.90 Å². The van der Waals surface area contributed by atoms with Gasteiger partial charge in [0.25, 0.3) is 5.91 Å². The highest BCUT2D eigenvalue weighted by Crippen LogP contribution is 2.14. The van der Waals surface area contributed by atoms with Crippen LogP contribution in [0.4, 0.5) is 10.5 Å². The number of ether oxygens (including phenoxy) is 1. The van der Waals surface area contributed by atoms with E-state index in [1.807, 2.05) is 0 Å². The maximum Gasteiger partial charge on any atom is 0.412 e. The van der Waals surface area contributed by atoms with E-state index in [0.717, 1.165) is 0 Å². The van der Waals surface area contributed by atoms with Gasteiger partial charge in [0.15, 0.2) is 0 Å². The average molecular weight is 264 g/mol. The van der Waals surface area contributed by atoms with Crippen LogP contribution >= 0.6 is 0 Å². The molecule has 0 heterocycles. The average Bonchev–Trinajstić information content (AvgIpc) is 2.25. The molecule has 19 heavy (non-hydrogen) atoms. The van der Waals surface area contributed by atoms with Crippen molar-refractivity contribution in [1.29, 1.82) is 0 Å². The zero-order chi connectivity index (χ0) is 14.6. The van der Waals surface area contributed by atoms with Gasteiger partial charge in [-0.15, -0.1) is 0 Å². The van der Waals surface area contributed by atoms with Crippen LogP contribution in [0.5, 0.6) is 0 Å². The maximum atomic E-state index is 11.8. The third-order valence-electron chi connectivity index (χ3n) is 2.16. The van der Waals surface area contributed by atoms with Gasteiger partial charge in [-0.25, -0.2) is 4.79 Å². The predicted octanol–water partition coefficient (Wildman–Crippen LogP) is 2.74. The van der Waals surface area contributed by atoms with Crippen molar-refractivity contribution in [3.8, 4) is 0 Å². The lowest BCUT2D eigenvalue weighted by Gasteiger charge is -2.19. The second-order valence-electron chi connectivity index (χ2n) is 5.41. The van der Waals surface area contributed by atoms with Crippen molar-refractivity contribution in [3.05, 3.63) is 29.8 Å². The largest absolute Gasteiger partial charge is 0.444 e. The standard InChI is InChI=1S/C14H20N2O3/c1-14(2,3)19-13(18)15-11-8-6-7-10(9-11)12(17)16(4)5/h6-9H,1-5H3,(H,15,18). The summed E-state index contributed by atoms with van der Waals surface area (Å²) in [6, 6.07) is 6.73. The molecule has 2 amide bonds. The minimum atomic E-state index is -0.554. The highest BCUT2D eigenvalue weighted by Gasteiger charge is 2.16. The van der Waals surface area contributed by atoms with Crippen LogP contribution in [0.1, 0.15) is 31.1 Å². The lowest BCUT2D eigenvalue weighted by molar-refractivity contribution is 0.0635. The molecule has 1 rings (SSSR count). The third kappa shape index (κ3) is 4.99. The van der Waals surface area contributed by atoms with E-state index < -0.39 is 11.7 Å². The van der Waals surface area contributed by atoms with E-state index >= 15 is 0 Å². The zero-order valence-corrected chi connectivity index (χ0v) is 12.0. The van der Waals surface area contributed by atoms with Gasteiger partial charge in [0.05, 0.1) is 0 Å². The molecule has 0 saturated heterocycles. The molecule has 0 bridgehead atoms. The van der Waals surface area contributed by atoms with Gasteiger partial charge < -0.3 is 9.64 Å². The van der Waals surface area contributed by atoms with Gasteiger partial charge in [-0.3, -0.25) is 10.1 Å². The Kier molecular flexibility index (Phi) is 4.53. The normalized spacial score (nSPS) is 10.8. The molecular formula is C14H20N2O3. The number of carbonyl (C=O) groups excluding carboxylic acids is 2. The summed E-state index contributed by atoms with van der Waals surface area (Å²) in [7, 11) is 3.35. The van der Waals surface area contributed by atoms with Crippen molar-refractivity contribution in [3.63, 3.8) is 0 Å². The molecular weight excluding hydrogens is 244 g/mol. The maximum absolute atomic E-state index is 11.8. The van der Waals surface area contributed by atoms with Gasteiger partial charge in [-0.05, 0) is 39.0 Å². The van der Waals surface area contributed by atoms with Gasteiger partial charge >= 0.3 is 6.09 Å². The number of rotatable bonds is 2. The second-order valence-corrected chi connectivity index (χ2v) is 5.41. The number of anilines is 1. The summed E-state index contributed by atoms with van der Waals surface area (Å²) in [5, 5.41) is 2.60. The van der Waals surface area contributed by atoms with Gasteiger partial charge in [-0.1, -0.05) is 6.07 Å². The number of amides is 2. The smallest absolute Gasteiger partial charge is 0.412 e. The Morgan fingerprint density at radius 1 is 1.21 bits per heavy atom. The summed E-state index contributed by atoms with van der Waals surface area (Å²) < 4.78 is 5.14. The molecule has 5 nitrogen and oxygen atoms in total. The molecule has 0 aliphatic heterocycles. The first-order valence-corrected chi connectivity index (χ1v) is 6.01. The van der Waals surface area contributed by atoms with Crippen LogP contribution in [0.3, 0.4) is 0 Å². The van der Waals surface area contributed by atoms with E-state index in [0.29, 0.717) is 11.3 Å².